The molecule has 10 nitrogen and oxygen atoms in total. The molecule has 2 saturated heterocycles. The zero-order chi connectivity index (χ0) is 26.7. The maximum atomic E-state index is 13.9. The molecular weight excluding hydrogens is 478 g/mol. The lowest BCUT2D eigenvalue weighted by molar-refractivity contribution is -0.165. The molecular formula is C27H37N3O7. The number of nitrogens with zero attached hydrogens (tertiary/aromatic N) is 1. The molecule has 2 bridgehead atoms. The Labute approximate surface area is 217 Å². The summed E-state index contributed by atoms with van der Waals surface area (Å²) in [5.74, 6) is -1.05. The number of piperidine rings is 1. The summed E-state index contributed by atoms with van der Waals surface area (Å²) in [6.07, 6.45) is 0.867. The van der Waals surface area contributed by atoms with Crippen LogP contribution in [0.15, 0.2) is 30.3 Å². The highest BCUT2D eigenvalue weighted by Crippen LogP contribution is 2.43. The minimum atomic E-state index is -0.891. The molecule has 10 heteroatoms. The molecule has 0 aromatic heterocycles. The number of esters is 1. The van der Waals surface area contributed by atoms with E-state index in [-0.39, 0.29) is 36.8 Å². The first-order valence-electron chi connectivity index (χ1n) is 13.0. The van der Waals surface area contributed by atoms with Crippen molar-refractivity contribution in [3.05, 3.63) is 35.9 Å². The summed E-state index contributed by atoms with van der Waals surface area (Å²) in [7, 11) is 0. The molecule has 0 spiro atoms. The number of amides is 3. The second-order valence-electron chi connectivity index (χ2n) is 11.1. The van der Waals surface area contributed by atoms with Gasteiger partial charge in [-0.05, 0) is 43.1 Å². The molecule has 0 radical (unpaired) electrons. The van der Waals surface area contributed by atoms with Gasteiger partial charge in [0.25, 0.3) is 0 Å². The van der Waals surface area contributed by atoms with Crippen LogP contribution in [-0.2, 0) is 35.2 Å². The number of alkyl carbamates (subject to hydrolysis) is 1. The number of cyclic esters (lactones) is 1. The van der Waals surface area contributed by atoms with E-state index in [2.05, 4.69) is 10.6 Å². The number of rotatable bonds is 8. The SMILES string of the molecule is CCOC1OC(=O)CC1NC(=O)C1C2CCC(C2)N1C(=O)C(NC(=O)OCc1ccccc1)C(C)(C)C. The van der Waals surface area contributed by atoms with Crippen molar-refractivity contribution in [2.45, 2.75) is 90.4 Å². The lowest BCUT2D eigenvalue weighted by Crippen LogP contribution is -2.62. The molecule has 6 unspecified atom stereocenters. The Hall–Kier alpha value is -3.14. The minimum absolute atomic E-state index is 0.0168. The average molecular weight is 516 g/mol. The quantitative estimate of drug-likeness (QED) is 0.510. The van der Waals surface area contributed by atoms with Crippen LogP contribution in [-0.4, -0.2) is 65.8 Å². The van der Waals surface area contributed by atoms with E-state index in [9.17, 15) is 19.2 Å². The van der Waals surface area contributed by atoms with E-state index in [0.29, 0.717) is 6.61 Å². The number of hydrogen-bond donors (Lipinski definition) is 2. The second kappa shape index (κ2) is 11.1. The number of carbonyl (C=O) groups is 4. The standard InChI is InChI=1S/C27H37N3O7/c1-5-35-25-19(14-20(31)37-25)28-23(32)21-17-11-12-18(13-17)30(21)24(33)22(27(2,3)4)29-26(34)36-15-16-9-7-6-8-10-16/h6-10,17-19,21-22,25H,5,11-15H2,1-4H3,(H,28,32)(H,29,34). The van der Waals surface area contributed by atoms with E-state index in [4.69, 9.17) is 14.2 Å². The van der Waals surface area contributed by atoms with Crippen molar-refractivity contribution in [3.8, 4) is 0 Å². The van der Waals surface area contributed by atoms with Gasteiger partial charge in [-0.2, -0.15) is 0 Å². The monoisotopic (exact) mass is 515 g/mol. The molecule has 2 aliphatic heterocycles. The summed E-state index contributed by atoms with van der Waals surface area (Å²) in [6, 6.07) is 7.03. The summed E-state index contributed by atoms with van der Waals surface area (Å²) < 4.78 is 16.0. The predicted molar refractivity (Wildman–Crippen MR) is 133 cm³/mol. The summed E-state index contributed by atoms with van der Waals surface area (Å²) in [4.78, 5) is 53.6. The molecule has 1 saturated carbocycles. The molecule has 1 aromatic rings. The second-order valence-corrected chi connectivity index (χ2v) is 11.1. The Morgan fingerprint density at radius 2 is 1.89 bits per heavy atom. The number of hydrogen-bond acceptors (Lipinski definition) is 7. The van der Waals surface area contributed by atoms with Gasteiger partial charge in [-0.15, -0.1) is 0 Å². The smallest absolute Gasteiger partial charge is 0.408 e. The number of benzene rings is 1. The maximum Gasteiger partial charge on any atom is 0.408 e. The molecule has 2 heterocycles. The van der Waals surface area contributed by atoms with E-state index >= 15 is 0 Å². The number of carbonyl (C=O) groups excluding carboxylic acids is 4. The number of fused-ring (bicyclic) bond motifs is 2. The zero-order valence-corrected chi connectivity index (χ0v) is 21.9. The molecule has 3 fully saturated rings. The third-order valence-corrected chi connectivity index (χ3v) is 7.32. The van der Waals surface area contributed by atoms with Crippen LogP contribution in [0, 0.1) is 11.3 Å². The highest BCUT2D eigenvalue weighted by Gasteiger charge is 2.54. The van der Waals surface area contributed by atoms with Gasteiger partial charge >= 0.3 is 12.1 Å². The van der Waals surface area contributed by atoms with E-state index in [1.54, 1.807) is 11.8 Å². The Bertz CT molecular complexity index is 1010. The largest absolute Gasteiger partial charge is 0.445 e. The molecule has 6 atom stereocenters. The highest BCUT2D eigenvalue weighted by molar-refractivity contribution is 5.93. The molecule has 1 aromatic carbocycles. The zero-order valence-electron chi connectivity index (χ0n) is 21.9. The molecule has 1 aliphatic carbocycles. The van der Waals surface area contributed by atoms with Crippen LogP contribution in [0.5, 0.6) is 0 Å². The minimum Gasteiger partial charge on any atom is -0.445 e. The van der Waals surface area contributed by atoms with E-state index in [1.165, 1.54) is 0 Å². The van der Waals surface area contributed by atoms with Crippen molar-refractivity contribution in [2.75, 3.05) is 6.61 Å². The fourth-order valence-corrected chi connectivity index (χ4v) is 5.56. The fourth-order valence-electron chi connectivity index (χ4n) is 5.56. The van der Waals surface area contributed by atoms with Crippen molar-refractivity contribution < 1.29 is 33.4 Å². The molecule has 3 aliphatic rings. The topological polar surface area (TPSA) is 123 Å². The van der Waals surface area contributed by atoms with E-state index in [0.717, 1.165) is 24.8 Å². The lowest BCUT2D eigenvalue weighted by Gasteiger charge is -2.40. The molecule has 2 N–H and O–H groups in total. The van der Waals surface area contributed by atoms with Gasteiger partial charge < -0.3 is 29.7 Å². The van der Waals surface area contributed by atoms with Gasteiger partial charge in [-0.25, -0.2) is 4.79 Å². The fraction of sp³-hybridized carbons (Fsp3) is 0.630. The van der Waals surface area contributed by atoms with Crippen LogP contribution in [0.4, 0.5) is 4.79 Å². The van der Waals surface area contributed by atoms with Gasteiger partial charge in [-0.1, -0.05) is 51.1 Å². The lowest BCUT2D eigenvalue weighted by atomic mass is 9.85. The Balaban J connectivity index is 1.46. The molecule has 37 heavy (non-hydrogen) atoms. The van der Waals surface area contributed by atoms with Gasteiger partial charge in [0.2, 0.25) is 18.1 Å². The van der Waals surface area contributed by atoms with Crippen molar-refractivity contribution in [1.82, 2.24) is 15.5 Å². The van der Waals surface area contributed by atoms with Crippen LogP contribution in [0.2, 0.25) is 0 Å². The Morgan fingerprint density at radius 3 is 2.57 bits per heavy atom. The van der Waals surface area contributed by atoms with Gasteiger partial charge in [0.05, 0.1) is 6.42 Å². The van der Waals surface area contributed by atoms with Gasteiger partial charge in [0.1, 0.15) is 24.7 Å². The van der Waals surface area contributed by atoms with E-state index in [1.807, 2.05) is 51.1 Å². The molecule has 202 valence electrons. The summed E-state index contributed by atoms with van der Waals surface area (Å²) in [6.45, 7) is 7.80. The van der Waals surface area contributed by atoms with Crippen LogP contribution in [0.25, 0.3) is 0 Å². The van der Waals surface area contributed by atoms with Crippen LogP contribution < -0.4 is 10.6 Å². The third-order valence-electron chi connectivity index (χ3n) is 7.32. The van der Waals surface area contributed by atoms with E-state index < -0.39 is 41.9 Å². The van der Waals surface area contributed by atoms with Crippen molar-refractivity contribution in [2.24, 2.45) is 11.3 Å². The van der Waals surface area contributed by atoms with Crippen molar-refractivity contribution in [1.29, 1.82) is 0 Å². The first kappa shape index (κ1) is 26.9. The summed E-state index contributed by atoms with van der Waals surface area (Å²) >= 11 is 0. The Morgan fingerprint density at radius 1 is 1.16 bits per heavy atom. The van der Waals surface area contributed by atoms with Gasteiger partial charge in [-0.3, -0.25) is 14.4 Å². The molecule has 4 rings (SSSR count). The maximum absolute atomic E-state index is 13.9. The number of nitrogens with one attached hydrogen (secondary N) is 2. The number of likely N-dealkylation sites (tertiary alicyclic amines) is 1. The van der Waals surface area contributed by atoms with Crippen LogP contribution in [0.3, 0.4) is 0 Å². The van der Waals surface area contributed by atoms with Crippen LogP contribution in [0.1, 0.15) is 58.9 Å². The summed E-state index contributed by atoms with van der Waals surface area (Å²) in [5.41, 5.74) is 0.210. The normalized spacial score (nSPS) is 27.5. The first-order valence-corrected chi connectivity index (χ1v) is 13.0. The predicted octanol–water partition coefficient (Wildman–Crippen LogP) is 2.50. The number of ether oxygens (including phenoxy) is 3. The van der Waals surface area contributed by atoms with Gasteiger partial charge in [0, 0.05) is 12.6 Å². The highest BCUT2D eigenvalue weighted by atomic mass is 16.7. The average Bonchev–Trinajstić information content (AvgIpc) is 3.56. The van der Waals surface area contributed by atoms with Crippen molar-refractivity contribution in [3.63, 3.8) is 0 Å². The summed E-state index contributed by atoms with van der Waals surface area (Å²) in [5, 5.41) is 5.65. The molecule has 3 amide bonds. The Kier molecular flexibility index (Phi) is 8.06. The van der Waals surface area contributed by atoms with Crippen molar-refractivity contribution >= 4 is 23.9 Å². The van der Waals surface area contributed by atoms with Crippen LogP contribution >= 0.6 is 0 Å². The first-order chi connectivity index (χ1) is 17.6. The third kappa shape index (κ3) is 6.06. The van der Waals surface area contributed by atoms with Gasteiger partial charge in [0.15, 0.2) is 0 Å².